The molecule has 2 aromatic rings. The highest BCUT2D eigenvalue weighted by molar-refractivity contribution is 7.81. The van der Waals surface area contributed by atoms with Crippen molar-refractivity contribution in [3.8, 4) is 17.3 Å². The summed E-state index contributed by atoms with van der Waals surface area (Å²) >= 11 is 3.95. The Labute approximate surface area is 98.5 Å². The molecule has 2 aromatic heterocycles. The number of nitrogens with one attached hydrogen (secondary N) is 1. The Hall–Kier alpha value is -1.82. The Morgan fingerprint density at radius 2 is 2.19 bits per heavy atom. The van der Waals surface area contributed by atoms with E-state index in [0.29, 0.717) is 23.1 Å². The van der Waals surface area contributed by atoms with Crippen molar-refractivity contribution < 1.29 is 4.74 Å². The molecule has 0 saturated heterocycles. The fourth-order valence-corrected chi connectivity index (χ4v) is 1.38. The first-order chi connectivity index (χ1) is 7.85. The molecule has 0 aromatic carbocycles. The minimum Gasteiger partial charge on any atom is -0.491 e. The minimum absolute atomic E-state index is 0.515. The zero-order valence-corrected chi connectivity index (χ0v) is 9.48. The summed E-state index contributed by atoms with van der Waals surface area (Å²) in [5, 5.41) is 0. The Kier molecular flexibility index (Phi) is 3.21. The lowest BCUT2D eigenvalue weighted by Gasteiger charge is -2.06. The van der Waals surface area contributed by atoms with Crippen LogP contribution in [-0.4, -0.2) is 22.1 Å². The van der Waals surface area contributed by atoms with E-state index in [0.717, 1.165) is 0 Å². The van der Waals surface area contributed by atoms with Crippen molar-refractivity contribution in [3.63, 3.8) is 0 Å². The SMILES string of the molecule is COc1cnc(-c2ccccn2)nc1NS. The van der Waals surface area contributed by atoms with Gasteiger partial charge in [-0.2, -0.15) is 0 Å². The summed E-state index contributed by atoms with van der Waals surface area (Å²) in [5.74, 6) is 1.58. The minimum atomic E-state index is 0.515. The van der Waals surface area contributed by atoms with Crippen molar-refractivity contribution in [1.29, 1.82) is 0 Å². The molecule has 0 aliphatic carbocycles. The smallest absolute Gasteiger partial charge is 0.182 e. The molecule has 2 rings (SSSR count). The molecule has 5 nitrogen and oxygen atoms in total. The van der Waals surface area contributed by atoms with Gasteiger partial charge in [0, 0.05) is 6.20 Å². The first kappa shape index (κ1) is 10.7. The molecule has 0 saturated carbocycles. The number of pyridine rings is 1. The van der Waals surface area contributed by atoms with Crippen LogP contribution < -0.4 is 9.46 Å². The molecule has 0 bridgehead atoms. The maximum atomic E-state index is 5.07. The van der Waals surface area contributed by atoms with Crippen molar-refractivity contribution in [2.75, 3.05) is 11.8 Å². The first-order valence-electron chi connectivity index (χ1n) is 4.57. The number of thiol groups is 1. The topological polar surface area (TPSA) is 59.9 Å². The van der Waals surface area contributed by atoms with Gasteiger partial charge in [-0.3, -0.25) is 4.98 Å². The van der Waals surface area contributed by atoms with Crippen molar-refractivity contribution in [3.05, 3.63) is 30.6 Å². The molecule has 0 amide bonds. The summed E-state index contributed by atoms with van der Waals surface area (Å²) in [7, 11) is 1.55. The van der Waals surface area contributed by atoms with Crippen LogP contribution in [-0.2, 0) is 0 Å². The number of hydrogen-bond acceptors (Lipinski definition) is 6. The molecule has 16 heavy (non-hydrogen) atoms. The average Bonchev–Trinajstić information content (AvgIpc) is 2.39. The molecule has 0 atom stereocenters. The molecule has 0 spiro atoms. The predicted molar refractivity (Wildman–Crippen MR) is 64.4 cm³/mol. The second-order valence-electron chi connectivity index (χ2n) is 2.94. The third-order valence-electron chi connectivity index (χ3n) is 1.97. The highest BCUT2D eigenvalue weighted by Crippen LogP contribution is 2.23. The van der Waals surface area contributed by atoms with E-state index in [4.69, 9.17) is 4.74 Å². The Bertz CT molecular complexity index is 478. The number of hydrogen-bond donors (Lipinski definition) is 2. The summed E-state index contributed by atoms with van der Waals surface area (Å²) < 4.78 is 7.72. The van der Waals surface area contributed by atoms with E-state index >= 15 is 0 Å². The van der Waals surface area contributed by atoms with Gasteiger partial charge in [-0.1, -0.05) is 18.9 Å². The van der Waals surface area contributed by atoms with E-state index in [-0.39, 0.29) is 0 Å². The third kappa shape index (κ3) is 2.06. The number of nitrogens with zero attached hydrogens (tertiary/aromatic N) is 3. The van der Waals surface area contributed by atoms with Gasteiger partial charge < -0.3 is 9.46 Å². The van der Waals surface area contributed by atoms with Crippen LogP contribution in [0.4, 0.5) is 5.82 Å². The van der Waals surface area contributed by atoms with E-state index in [1.54, 1.807) is 19.5 Å². The monoisotopic (exact) mass is 234 g/mol. The maximum absolute atomic E-state index is 5.07. The predicted octanol–water partition coefficient (Wildman–Crippen LogP) is 1.80. The van der Waals surface area contributed by atoms with Gasteiger partial charge in [0.05, 0.1) is 13.3 Å². The Balaban J connectivity index is 2.44. The fraction of sp³-hybridized carbons (Fsp3) is 0.100. The van der Waals surface area contributed by atoms with Crippen LogP contribution in [0.1, 0.15) is 0 Å². The molecule has 0 aliphatic rings. The van der Waals surface area contributed by atoms with Crippen LogP contribution in [0.2, 0.25) is 0 Å². The standard InChI is InChI=1S/C10H10N4OS/c1-15-8-6-12-9(13-10(8)14-16)7-4-2-3-5-11-7/h2-6,16H,1H3,(H,12,13,14). The van der Waals surface area contributed by atoms with Crippen LogP contribution in [0, 0.1) is 0 Å². The summed E-state index contributed by atoms with van der Waals surface area (Å²) in [6.07, 6.45) is 3.27. The normalized spacial score (nSPS) is 9.88. The van der Waals surface area contributed by atoms with E-state index < -0.39 is 0 Å². The van der Waals surface area contributed by atoms with Crippen LogP contribution in [0.5, 0.6) is 5.75 Å². The molecule has 0 unspecified atom stereocenters. The second-order valence-corrected chi connectivity index (χ2v) is 3.16. The maximum Gasteiger partial charge on any atom is 0.182 e. The van der Waals surface area contributed by atoms with Crippen molar-refractivity contribution >= 4 is 18.6 Å². The molecular formula is C10H10N4OS. The zero-order chi connectivity index (χ0) is 11.4. The van der Waals surface area contributed by atoms with Gasteiger partial charge in [0.2, 0.25) is 0 Å². The molecule has 1 N–H and O–H groups in total. The van der Waals surface area contributed by atoms with Crippen LogP contribution in [0.3, 0.4) is 0 Å². The molecular weight excluding hydrogens is 224 g/mol. The van der Waals surface area contributed by atoms with Gasteiger partial charge in [0.25, 0.3) is 0 Å². The molecule has 6 heteroatoms. The lowest BCUT2D eigenvalue weighted by atomic mass is 10.3. The highest BCUT2D eigenvalue weighted by atomic mass is 32.1. The number of anilines is 1. The van der Waals surface area contributed by atoms with E-state index in [1.807, 2.05) is 18.2 Å². The largest absolute Gasteiger partial charge is 0.491 e. The third-order valence-corrected chi connectivity index (χ3v) is 2.19. The second kappa shape index (κ2) is 4.80. The number of methoxy groups -OCH3 is 1. The average molecular weight is 234 g/mol. The lowest BCUT2D eigenvalue weighted by molar-refractivity contribution is 0.413. The molecule has 0 fully saturated rings. The summed E-state index contributed by atoms with van der Waals surface area (Å²) in [4.78, 5) is 12.6. The Morgan fingerprint density at radius 1 is 1.31 bits per heavy atom. The van der Waals surface area contributed by atoms with Crippen molar-refractivity contribution in [2.24, 2.45) is 0 Å². The number of rotatable bonds is 3. The van der Waals surface area contributed by atoms with Crippen LogP contribution in [0.15, 0.2) is 30.6 Å². The fourth-order valence-electron chi connectivity index (χ4n) is 1.22. The van der Waals surface area contributed by atoms with E-state index in [1.165, 1.54) is 0 Å². The molecule has 2 heterocycles. The van der Waals surface area contributed by atoms with Gasteiger partial charge in [-0.25, -0.2) is 9.97 Å². The molecule has 0 aliphatic heterocycles. The quantitative estimate of drug-likeness (QED) is 0.793. The molecule has 82 valence electrons. The first-order valence-corrected chi connectivity index (χ1v) is 5.02. The number of ether oxygens (including phenoxy) is 1. The van der Waals surface area contributed by atoms with Crippen molar-refractivity contribution in [2.45, 2.75) is 0 Å². The molecule has 0 radical (unpaired) electrons. The van der Waals surface area contributed by atoms with Gasteiger partial charge in [-0.15, -0.1) is 0 Å². The van der Waals surface area contributed by atoms with Gasteiger partial charge in [-0.05, 0) is 12.1 Å². The number of aromatic nitrogens is 3. The van der Waals surface area contributed by atoms with E-state index in [9.17, 15) is 0 Å². The summed E-state index contributed by atoms with van der Waals surface area (Å²) in [5.41, 5.74) is 0.704. The van der Waals surface area contributed by atoms with E-state index in [2.05, 4.69) is 32.5 Å². The lowest BCUT2D eigenvalue weighted by Crippen LogP contribution is -1.98. The summed E-state index contributed by atoms with van der Waals surface area (Å²) in [6, 6.07) is 5.55. The van der Waals surface area contributed by atoms with Crippen LogP contribution in [0.25, 0.3) is 11.5 Å². The Morgan fingerprint density at radius 3 is 2.81 bits per heavy atom. The summed E-state index contributed by atoms with van der Waals surface area (Å²) in [6.45, 7) is 0. The van der Waals surface area contributed by atoms with Gasteiger partial charge >= 0.3 is 0 Å². The van der Waals surface area contributed by atoms with Crippen molar-refractivity contribution in [1.82, 2.24) is 15.0 Å². The van der Waals surface area contributed by atoms with Crippen LogP contribution >= 0.6 is 12.8 Å². The highest BCUT2D eigenvalue weighted by Gasteiger charge is 2.08. The zero-order valence-electron chi connectivity index (χ0n) is 8.58. The van der Waals surface area contributed by atoms with Gasteiger partial charge in [0.15, 0.2) is 17.4 Å². The van der Waals surface area contributed by atoms with Gasteiger partial charge in [0.1, 0.15) is 5.69 Å².